The van der Waals surface area contributed by atoms with Crippen LogP contribution < -0.4 is 5.43 Å². The number of benzene rings is 1. The van der Waals surface area contributed by atoms with Crippen LogP contribution in [0.25, 0.3) is 16.2 Å². The molecule has 2 aromatic rings. The van der Waals surface area contributed by atoms with Crippen molar-refractivity contribution in [3.8, 4) is 0 Å². The van der Waals surface area contributed by atoms with Crippen LogP contribution in [0.4, 0.5) is 0 Å². The highest BCUT2D eigenvalue weighted by atomic mass is 35.5. The lowest BCUT2D eigenvalue weighted by atomic mass is 9.84. The van der Waals surface area contributed by atoms with E-state index in [2.05, 4.69) is 13.8 Å². The molecule has 1 atom stereocenters. The lowest BCUT2D eigenvalue weighted by Crippen LogP contribution is -2.33. The van der Waals surface area contributed by atoms with Crippen molar-refractivity contribution in [1.82, 2.24) is 0 Å². The summed E-state index contributed by atoms with van der Waals surface area (Å²) in [5.74, 6) is 0.300. The molecular weight excluding hydrogens is 276 g/mol. The third-order valence-electron chi connectivity index (χ3n) is 3.84. The molecule has 0 fully saturated rings. The Morgan fingerprint density at radius 1 is 1.32 bits per heavy atom. The van der Waals surface area contributed by atoms with E-state index in [0.717, 1.165) is 20.5 Å². The van der Waals surface area contributed by atoms with Crippen molar-refractivity contribution >= 4 is 39.1 Å². The van der Waals surface area contributed by atoms with Gasteiger partial charge in [-0.15, -0.1) is 22.9 Å². The standard InChI is InChI=1S/C16H15ClOS/c1-10(2)16(17)8-7-14-12(9-16)15(18)11-5-3-4-6-13(11)19-14/h3-8,10H,9H2,1-2H3. The maximum Gasteiger partial charge on any atom is 0.191 e. The fourth-order valence-corrected chi connectivity index (χ4v) is 3.72. The van der Waals surface area contributed by atoms with Crippen molar-refractivity contribution < 1.29 is 0 Å². The van der Waals surface area contributed by atoms with Crippen molar-refractivity contribution in [2.45, 2.75) is 25.1 Å². The minimum absolute atomic E-state index is 0.138. The molecule has 0 spiro atoms. The smallest absolute Gasteiger partial charge is 0.191 e. The van der Waals surface area contributed by atoms with E-state index >= 15 is 0 Å². The molecule has 0 saturated heterocycles. The van der Waals surface area contributed by atoms with Crippen molar-refractivity contribution in [3.63, 3.8) is 0 Å². The Balaban J connectivity index is 2.26. The monoisotopic (exact) mass is 290 g/mol. The van der Waals surface area contributed by atoms with Crippen molar-refractivity contribution in [1.29, 1.82) is 0 Å². The van der Waals surface area contributed by atoms with E-state index < -0.39 is 4.87 Å². The van der Waals surface area contributed by atoms with Crippen LogP contribution in [0.15, 0.2) is 35.1 Å². The summed E-state index contributed by atoms with van der Waals surface area (Å²) in [6.07, 6.45) is 4.69. The molecule has 1 unspecified atom stereocenters. The Bertz CT molecular complexity index is 729. The number of hydrogen-bond donors (Lipinski definition) is 0. The second-order valence-corrected chi connectivity index (χ2v) is 7.15. The molecule has 19 heavy (non-hydrogen) atoms. The van der Waals surface area contributed by atoms with Gasteiger partial charge in [-0.3, -0.25) is 4.79 Å². The van der Waals surface area contributed by atoms with E-state index in [1.165, 1.54) is 0 Å². The van der Waals surface area contributed by atoms with Crippen molar-refractivity contribution in [2.24, 2.45) is 5.92 Å². The van der Waals surface area contributed by atoms with E-state index in [4.69, 9.17) is 11.6 Å². The summed E-state index contributed by atoms with van der Waals surface area (Å²) in [5, 5.41) is 0.810. The van der Waals surface area contributed by atoms with Gasteiger partial charge in [0.05, 0.1) is 4.87 Å². The van der Waals surface area contributed by atoms with Gasteiger partial charge in [-0.05, 0) is 24.1 Å². The molecule has 1 aliphatic rings. The second-order valence-electron chi connectivity index (χ2n) is 5.36. The first-order chi connectivity index (χ1) is 9.01. The maximum absolute atomic E-state index is 12.6. The fourth-order valence-electron chi connectivity index (χ4n) is 2.44. The SMILES string of the molecule is CC(C)C1(Cl)C=Cc2sc3ccccc3c(=O)c2C1. The topological polar surface area (TPSA) is 17.1 Å². The highest BCUT2D eigenvalue weighted by Gasteiger charge is 2.33. The van der Waals surface area contributed by atoms with E-state index in [9.17, 15) is 4.79 Å². The molecule has 1 aromatic heterocycles. The summed E-state index contributed by atoms with van der Waals surface area (Å²) >= 11 is 8.31. The zero-order valence-electron chi connectivity index (χ0n) is 10.9. The van der Waals surface area contributed by atoms with E-state index in [0.29, 0.717) is 12.3 Å². The largest absolute Gasteiger partial charge is 0.289 e. The number of fused-ring (bicyclic) bond motifs is 2. The van der Waals surface area contributed by atoms with Gasteiger partial charge in [-0.1, -0.05) is 32.1 Å². The summed E-state index contributed by atoms with van der Waals surface area (Å²) in [4.78, 5) is 13.2. The van der Waals surface area contributed by atoms with Gasteiger partial charge in [0.25, 0.3) is 0 Å². The fraction of sp³-hybridized carbons (Fsp3) is 0.312. The lowest BCUT2D eigenvalue weighted by Gasteiger charge is -2.31. The molecule has 0 aliphatic heterocycles. The van der Waals surface area contributed by atoms with Crippen molar-refractivity contribution in [3.05, 3.63) is 51.0 Å². The first kappa shape index (κ1) is 12.9. The molecule has 1 aliphatic carbocycles. The molecule has 3 heteroatoms. The Morgan fingerprint density at radius 3 is 2.79 bits per heavy atom. The summed E-state index contributed by atoms with van der Waals surface area (Å²) < 4.78 is 1.04. The Kier molecular flexibility index (Phi) is 3.03. The average Bonchev–Trinajstić information content (AvgIpc) is 2.40. The van der Waals surface area contributed by atoms with Crippen LogP contribution in [-0.2, 0) is 6.42 Å². The normalized spacial score (nSPS) is 21.9. The first-order valence-corrected chi connectivity index (χ1v) is 7.63. The zero-order chi connectivity index (χ0) is 13.6. The van der Waals surface area contributed by atoms with Gasteiger partial charge < -0.3 is 0 Å². The molecular formula is C16H15ClOS. The number of halogens is 1. The van der Waals surface area contributed by atoms with Gasteiger partial charge in [0, 0.05) is 26.9 Å². The van der Waals surface area contributed by atoms with E-state index in [-0.39, 0.29) is 5.43 Å². The molecule has 1 aromatic carbocycles. The van der Waals surface area contributed by atoms with Gasteiger partial charge >= 0.3 is 0 Å². The summed E-state index contributed by atoms with van der Waals surface area (Å²) in [6.45, 7) is 4.19. The van der Waals surface area contributed by atoms with Crippen LogP contribution in [0, 0.1) is 5.92 Å². The number of rotatable bonds is 1. The van der Waals surface area contributed by atoms with Gasteiger partial charge in [-0.2, -0.15) is 0 Å². The molecule has 0 saturated carbocycles. The predicted octanol–water partition coefficient (Wildman–Crippen LogP) is 4.46. The quantitative estimate of drug-likeness (QED) is 0.709. The van der Waals surface area contributed by atoms with E-state index in [1.54, 1.807) is 11.3 Å². The predicted molar refractivity (Wildman–Crippen MR) is 84.3 cm³/mol. The van der Waals surface area contributed by atoms with Crippen LogP contribution in [-0.4, -0.2) is 4.87 Å². The Morgan fingerprint density at radius 2 is 2.05 bits per heavy atom. The average molecular weight is 291 g/mol. The highest BCUT2D eigenvalue weighted by Crippen LogP contribution is 2.38. The van der Waals surface area contributed by atoms with Crippen LogP contribution in [0.3, 0.4) is 0 Å². The zero-order valence-corrected chi connectivity index (χ0v) is 12.5. The Labute approximate surface area is 121 Å². The number of allylic oxidation sites excluding steroid dienone is 1. The van der Waals surface area contributed by atoms with Gasteiger partial charge in [0.15, 0.2) is 5.43 Å². The first-order valence-electron chi connectivity index (χ1n) is 6.44. The Hall–Kier alpha value is -1.12. The van der Waals surface area contributed by atoms with Gasteiger partial charge in [-0.25, -0.2) is 0 Å². The maximum atomic E-state index is 12.6. The van der Waals surface area contributed by atoms with Crippen molar-refractivity contribution in [2.75, 3.05) is 0 Å². The van der Waals surface area contributed by atoms with Crippen LogP contribution in [0.5, 0.6) is 0 Å². The third-order valence-corrected chi connectivity index (χ3v) is 5.72. The van der Waals surface area contributed by atoms with Crippen LogP contribution in [0.2, 0.25) is 0 Å². The molecule has 1 nitrogen and oxygen atoms in total. The van der Waals surface area contributed by atoms with Gasteiger partial charge in [0.2, 0.25) is 0 Å². The summed E-state index contributed by atoms with van der Waals surface area (Å²) in [5.41, 5.74) is 1.01. The summed E-state index contributed by atoms with van der Waals surface area (Å²) in [6, 6.07) is 7.79. The van der Waals surface area contributed by atoms with Crippen LogP contribution in [0.1, 0.15) is 24.3 Å². The second kappa shape index (κ2) is 4.46. The molecule has 0 radical (unpaired) electrons. The molecule has 0 amide bonds. The minimum Gasteiger partial charge on any atom is -0.289 e. The molecule has 3 rings (SSSR count). The molecule has 98 valence electrons. The minimum atomic E-state index is -0.429. The molecule has 0 bridgehead atoms. The van der Waals surface area contributed by atoms with E-state index in [1.807, 2.05) is 36.4 Å². The number of hydrogen-bond acceptors (Lipinski definition) is 2. The highest BCUT2D eigenvalue weighted by molar-refractivity contribution is 7.19. The summed E-state index contributed by atoms with van der Waals surface area (Å²) in [7, 11) is 0. The lowest BCUT2D eigenvalue weighted by molar-refractivity contribution is 0.496. The molecule has 0 N–H and O–H groups in total. The molecule has 1 heterocycles. The van der Waals surface area contributed by atoms with Gasteiger partial charge in [0.1, 0.15) is 0 Å². The van der Waals surface area contributed by atoms with Crippen LogP contribution >= 0.6 is 22.9 Å². The third kappa shape index (κ3) is 2.03. The number of alkyl halides is 1.